The Labute approximate surface area is 98.6 Å². The third kappa shape index (κ3) is 1.76. The number of hydrogen-bond donors (Lipinski definition) is 0. The number of ketones is 1. The fourth-order valence-corrected chi connectivity index (χ4v) is 2.09. The van der Waals surface area contributed by atoms with E-state index >= 15 is 0 Å². The summed E-state index contributed by atoms with van der Waals surface area (Å²) in [5.41, 5.74) is -0.962. The number of benzene rings is 1. The third-order valence-electron chi connectivity index (χ3n) is 3.49. The minimum absolute atomic E-state index is 0.194. The highest BCUT2D eigenvalue weighted by atomic mass is 19.2. The zero-order valence-electron chi connectivity index (χ0n) is 9.85. The van der Waals surface area contributed by atoms with Crippen molar-refractivity contribution < 1.29 is 18.3 Å². The first-order chi connectivity index (χ1) is 8.02. The molecule has 1 aliphatic rings. The molecule has 92 valence electrons. The van der Waals surface area contributed by atoms with Crippen molar-refractivity contribution in [1.29, 1.82) is 0 Å². The topological polar surface area (TPSA) is 26.3 Å². The van der Waals surface area contributed by atoms with E-state index in [0.29, 0.717) is 12.8 Å². The predicted molar refractivity (Wildman–Crippen MR) is 59.0 cm³/mol. The van der Waals surface area contributed by atoms with E-state index in [1.54, 1.807) is 0 Å². The zero-order chi connectivity index (χ0) is 12.6. The molecule has 0 bridgehead atoms. The molecular formula is C13H14F2O2. The third-order valence-corrected chi connectivity index (χ3v) is 3.49. The number of aryl methyl sites for hydroxylation is 1. The summed E-state index contributed by atoms with van der Waals surface area (Å²) in [4.78, 5) is 12.1. The average Bonchev–Trinajstić information content (AvgIpc) is 2.25. The highest BCUT2D eigenvalue weighted by molar-refractivity contribution is 6.03. The molecule has 0 N–H and O–H groups in total. The van der Waals surface area contributed by atoms with Gasteiger partial charge < -0.3 is 4.74 Å². The van der Waals surface area contributed by atoms with Gasteiger partial charge in [-0.2, -0.15) is 0 Å². The first-order valence-corrected chi connectivity index (χ1v) is 5.56. The van der Waals surface area contributed by atoms with E-state index in [4.69, 9.17) is 4.74 Å². The van der Waals surface area contributed by atoms with Gasteiger partial charge in [-0.25, -0.2) is 8.78 Å². The van der Waals surface area contributed by atoms with Crippen LogP contribution in [-0.4, -0.2) is 18.5 Å². The summed E-state index contributed by atoms with van der Waals surface area (Å²) in [5.74, 6) is -2.48. The van der Waals surface area contributed by atoms with Gasteiger partial charge in [-0.05, 0) is 37.8 Å². The van der Waals surface area contributed by atoms with Crippen molar-refractivity contribution in [2.45, 2.75) is 31.8 Å². The summed E-state index contributed by atoms with van der Waals surface area (Å²) in [5, 5.41) is 0. The molecule has 1 aromatic rings. The summed E-state index contributed by atoms with van der Waals surface area (Å²) in [6.45, 7) is 1.46. The van der Waals surface area contributed by atoms with Crippen molar-refractivity contribution in [2.75, 3.05) is 7.11 Å². The lowest BCUT2D eigenvalue weighted by molar-refractivity contribution is -0.0451. The molecule has 0 aliphatic heterocycles. The van der Waals surface area contributed by atoms with Crippen LogP contribution in [0.5, 0.6) is 0 Å². The van der Waals surface area contributed by atoms with Gasteiger partial charge in [-0.3, -0.25) is 4.79 Å². The minimum Gasteiger partial charge on any atom is -0.370 e. The molecule has 17 heavy (non-hydrogen) atoms. The van der Waals surface area contributed by atoms with E-state index in [0.717, 1.165) is 6.42 Å². The van der Waals surface area contributed by atoms with Gasteiger partial charge in [0.2, 0.25) is 0 Å². The lowest BCUT2D eigenvalue weighted by Gasteiger charge is -2.38. The van der Waals surface area contributed by atoms with Crippen LogP contribution in [0.25, 0.3) is 0 Å². The van der Waals surface area contributed by atoms with Crippen LogP contribution in [0.4, 0.5) is 8.78 Å². The van der Waals surface area contributed by atoms with Crippen molar-refractivity contribution in [2.24, 2.45) is 0 Å². The number of carbonyl (C=O) groups is 1. The Hall–Kier alpha value is -1.29. The highest BCUT2D eigenvalue weighted by Crippen LogP contribution is 2.38. The zero-order valence-corrected chi connectivity index (χ0v) is 9.85. The molecule has 0 radical (unpaired) electrons. The average molecular weight is 240 g/mol. The molecule has 0 atom stereocenters. The molecule has 0 aromatic heterocycles. The second kappa shape index (κ2) is 4.18. The van der Waals surface area contributed by atoms with Crippen LogP contribution in [0.3, 0.4) is 0 Å². The van der Waals surface area contributed by atoms with Crippen molar-refractivity contribution in [1.82, 2.24) is 0 Å². The van der Waals surface area contributed by atoms with E-state index in [1.807, 2.05) is 0 Å². The number of hydrogen-bond acceptors (Lipinski definition) is 2. The fourth-order valence-electron chi connectivity index (χ4n) is 2.09. The Morgan fingerprint density at radius 1 is 1.29 bits per heavy atom. The highest BCUT2D eigenvalue weighted by Gasteiger charge is 2.45. The molecule has 1 saturated carbocycles. The van der Waals surface area contributed by atoms with Gasteiger partial charge in [0.25, 0.3) is 0 Å². The Kier molecular flexibility index (Phi) is 3.00. The maximum Gasteiger partial charge on any atom is 0.197 e. The molecule has 0 saturated heterocycles. The molecule has 4 heteroatoms. The number of ether oxygens (including phenoxy) is 1. The van der Waals surface area contributed by atoms with Crippen LogP contribution < -0.4 is 0 Å². The van der Waals surface area contributed by atoms with Crippen LogP contribution in [0.15, 0.2) is 12.1 Å². The van der Waals surface area contributed by atoms with Crippen molar-refractivity contribution in [3.05, 3.63) is 34.9 Å². The normalized spacial score (nSPS) is 17.6. The van der Waals surface area contributed by atoms with Crippen LogP contribution in [0, 0.1) is 18.6 Å². The lowest BCUT2D eigenvalue weighted by atomic mass is 9.74. The van der Waals surface area contributed by atoms with Gasteiger partial charge in [0.15, 0.2) is 17.4 Å². The molecule has 0 unspecified atom stereocenters. The Morgan fingerprint density at radius 3 is 2.41 bits per heavy atom. The maximum absolute atomic E-state index is 13.7. The van der Waals surface area contributed by atoms with Crippen molar-refractivity contribution in [3.8, 4) is 0 Å². The number of halogens is 2. The first kappa shape index (κ1) is 12.2. The number of methoxy groups -OCH3 is 1. The number of carbonyl (C=O) groups excluding carboxylic acids is 1. The largest absolute Gasteiger partial charge is 0.370 e. The van der Waals surface area contributed by atoms with Gasteiger partial charge in [0, 0.05) is 7.11 Å². The van der Waals surface area contributed by atoms with Crippen LogP contribution in [0.1, 0.15) is 35.2 Å². The van der Waals surface area contributed by atoms with Gasteiger partial charge in [-0.1, -0.05) is 6.07 Å². The lowest BCUT2D eigenvalue weighted by Crippen LogP contribution is -2.47. The van der Waals surface area contributed by atoms with E-state index in [2.05, 4.69) is 0 Å². The molecule has 2 rings (SSSR count). The summed E-state index contributed by atoms with van der Waals surface area (Å²) >= 11 is 0. The molecular weight excluding hydrogens is 226 g/mol. The Balaban J connectivity index is 2.41. The van der Waals surface area contributed by atoms with E-state index < -0.39 is 23.0 Å². The van der Waals surface area contributed by atoms with Gasteiger partial charge in [-0.15, -0.1) is 0 Å². The molecule has 0 heterocycles. The van der Waals surface area contributed by atoms with Gasteiger partial charge >= 0.3 is 0 Å². The summed E-state index contributed by atoms with van der Waals surface area (Å²) < 4.78 is 32.3. The molecule has 2 nitrogen and oxygen atoms in total. The van der Waals surface area contributed by atoms with Crippen molar-refractivity contribution in [3.63, 3.8) is 0 Å². The molecule has 1 aliphatic carbocycles. The molecule has 0 spiro atoms. The van der Waals surface area contributed by atoms with Gasteiger partial charge in [0.1, 0.15) is 5.60 Å². The summed E-state index contributed by atoms with van der Waals surface area (Å²) in [6, 6.07) is 2.74. The van der Waals surface area contributed by atoms with Crippen molar-refractivity contribution >= 4 is 5.78 Å². The fraction of sp³-hybridized carbons (Fsp3) is 0.462. The van der Waals surface area contributed by atoms with Crippen LogP contribution in [-0.2, 0) is 4.74 Å². The van der Waals surface area contributed by atoms with E-state index in [-0.39, 0.29) is 11.1 Å². The second-order valence-corrected chi connectivity index (χ2v) is 4.44. The summed E-state index contributed by atoms with van der Waals surface area (Å²) in [6.07, 6.45) is 2.00. The quantitative estimate of drug-likeness (QED) is 0.759. The second-order valence-electron chi connectivity index (χ2n) is 4.44. The Bertz CT molecular complexity index is 459. The monoisotopic (exact) mass is 240 g/mol. The Morgan fingerprint density at radius 2 is 1.94 bits per heavy atom. The van der Waals surface area contributed by atoms with E-state index in [9.17, 15) is 13.6 Å². The summed E-state index contributed by atoms with van der Waals surface area (Å²) in [7, 11) is 1.43. The first-order valence-electron chi connectivity index (χ1n) is 5.56. The SMILES string of the molecule is COC1(C(=O)c2ccc(C)c(F)c2F)CCC1. The predicted octanol–water partition coefficient (Wildman–Crippen LogP) is 3.03. The van der Waals surface area contributed by atoms with E-state index in [1.165, 1.54) is 26.2 Å². The number of rotatable bonds is 3. The molecule has 1 fully saturated rings. The smallest absolute Gasteiger partial charge is 0.197 e. The molecule has 1 aromatic carbocycles. The molecule has 0 amide bonds. The minimum atomic E-state index is -1.07. The van der Waals surface area contributed by atoms with Crippen LogP contribution >= 0.6 is 0 Å². The van der Waals surface area contributed by atoms with Crippen LogP contribution in [0.2, 0.25) is 0 Å². The number of Topliss-reactive ketones (excluding diaryl/α,β-unsaturated/α-hetero) is 1. The standard InChI is InChI=1S/C13H14F2O2/c1-8-4-5-9(11(15)10(8)14)12(16)13(17-2)6-3-7-13/h4-5H,3,6-7H2,1-2H3. The maximum atomic E-state index is 13.7. The van der Waals surface area contributed by atoms with Gasteiger partial charge in [0.05, 0.1) is 5.56 Å².